The molecular weight excluding hydrogens is 230 g/mol. The Labute approximate surface area is 95.7 Å². The van der Waals surface area contributed by atoms with Gasteiger partial charge in [-0.1, -0.05) is 0 Å². The average molecular weight is 247 g/mol. The standard InChI is InChI=1S/C10H17NO4S/c1-10(2,3)15-9(12)11-5-8-4-7(11)6-16(8,13)14/h7-8H,4-6H2,1-3H3. The maximum atomic E-state index is 11.8. The SMILES string of the molecule is CC(C)(C)OC(=O)N1CC2CC1CS2(=O)=O. The number of sulfone groups is 1. The van der Waals surface area contributed by atoms with Gasteiger partial charge >= 0.3 is 6.09 Å². The monoisotopic (exact) mass is 247 g/mol. The van der Waals surface area contributed by atoms with Crippen LogP contribution in [0, 0.1) is 0 Å². The van der Waals surface area contributed by atoms with Crippen molar-refractivity contribution in [2.75, 3.05) is 12.3 Å². The maximum Gasteiger partial charge on any atom is 0.410 e. The highest BCUT2D eigenvalue weighted by Gasteiger charge is 2.50. The molecule has 0 spiro atoms. The summed E-state index contributed by atoms with van der Waals surface area (Å²) in [6.07, 6.45) is 0.177. The van der Waals surface area contributed by atoms with Gasteiger partial charge < -0.3 is 9.64 Å². The first-order valence-electron chi connectivity index (χ1n) is 5.40. The molecule has 6 heteroatoms. The second-order valence-corrected chi connectivity index (χ2v) is 7.80. The number of likely N-dealkylation sites (tertiary alicyclic amines) is 1. The van der Waals surface area contributed by atoms with Crippen LogP contribution in [0.4, 0.5) is 4.79 Å². The van der Waals surface area contributed by atoms with Gasteiger partial charge in [-0.3, -0.25) is 0 Å². The minimum Gasteiger partial charge on any atom is -0.444 e. The molecule has 2 aliphatic heterocycles. The van der Waals surface area contributed by atoms with Gasteiger partial charge in [0.2, 0.25) is 0 Å². The number of ether oxygens (including phenoxy) is 1. The smallest absolute Gasteiger partial charge is 0.410 e. The van der Waals surface area contributed by atoms with E-state index < -0.39 is 21.5 Å². The molecule has 2 unspecified atom stereocenters. The van der Waals surface area contributed by atoms with Gasteiger partial charge in [0.25, 0.3) is 0 Å². The molecule has 2 bridgehead atoms. The molecule has 2 rings (SSSR count). The fourth-order valence-electron chi connectivity index (χ4n) is 2.24. The highest BCUT2D eigenvalue weighted by molar-refractivity contribution is 7.92. The molecule has 2 saturated heterocycles. The van der Waals surface area contributed by atoms with Crippen molar-refractivity contribution in [1.29, 1.82) is 0 Å². The van der Waals surface area contributed by atoms with Crippen molar-refractivity contribution < 1.29 is 17.9 Å². The fraction of sp³-hybridized carbons (Fsp3) is 0.900. The van der Waals surface area contributed by atoms with Crippen molar-refractivity contribution in [2.45, 2.75) is 44.1 Å². The van der Waals surface area contributed by atoms with E-state index in [9.17, 15) is 13.2 Å². The lowest BCUT2D eigenvalue weighted by molar-refractivity contribution is 0.0237. The molecule has 2 aliphatic rings. The van der Waals surface area contributed by atoms with Gasteiger partial charge in [-0.25, -0.2) is 13.2 Å². The largest absolute Gasteiger partial charge is 0.444 e. The zero-order valence-corrected chi connectivity index (χ0v) is 10.6. The second kappa shape index (κ2) is 3.35. The first kappa shape index (κ1) is 11.7. The molecule has 1 amide bonds. The first-order chi connectivity index (χ1) is 7.19. The number of nitrogens with zero attached hydrogens (tertiary/aromatic N) is 1. The molecule has 0 aromatic rings. The fourth-order valence-corrected chi connectivity index (χ4v) is 4.27. The van der Waals surface area contributed by atoms with Crippen LogP contribution in [-0.4, -0.2) is 48.6 Å². The Morgan fingerprint density at radius 3 is 2.38 bits per heavy atom. The van der Waals surface area contributed by atoms with Crippen molar-refractivity contribution in [3.8, 4) is 0 Å². The van der Waals surface area contributed by atoms with Crippen molar-refractivity contribution in [1.82, 2.24) is 4.90 Å². The van der Waals surface area contributed by atoms with Crippen LogP contribution in [0.5, 0.6) is 0 Å². The molecule has 5 nitrogen and oxygen atoms in total. The predicted octanol–water partition coefficient (Wildman–Crippen LogP) is 0.793. The summed E-state index contributed by atoms with van der Waals surface area (Å²) in [5.41, 5.74) is -0.530. The molecule has 92 valence electrons. The lowest BCUT2D eigenvalue weighted by Gasteiger charge is -2.29. The van der Waals surface area contributed by atoms with E-state index in [1.54, 1.807) is 25.7 Å². The number of hydrogen-bond donors (Lipinski definition) is 0. The number of carbonyl (C=O) groups excluding carboxylic acids is 1. The Balaban J connectivity index is 2.04. The van der Waals surface area contributed by atoms with E-state index in [0.717, 1.165) is 0 Å². The zero-order chi connectivity index (χ0) is 12.1. The third-order valence-electron chi connectivity index (χ3n) is 2.94. The Hall–Kier alpha value is -0.780. The summed E-state index contributed by atoms with van der Waals surface area (Å²) in [5.74, 6) is 0.0942. The molecule has 0 aliphatic carbocycles. The van der Waals surface area contributed by atoms with Gasteiger partial charge in [0, 0.05) is 6.54 Å². The van der Waals surface area contributed by atoms with E-state index in [1.165, 1.54) is 0 Å². The van der Waals surface area contributed by atoms with Gasteiger partial charge in [0.15, 0.2) is 9.84 Å². The molecule has 0 saturated carbocycles. The minimum absolute atomic E-state index is 0.0942. The van der Waals surface area contributed by atoms with E-state index in [0.29, 0.717) is 13.0 Å². The van der Waals surface area contributed by atoms with Crippen LogP contribution in [0.2, 0.25) is 0 Å². The van der Waals surface area contributed by atoms with Gasteiger partial charge in [-0.15, -0.1) is 0 Å². The Bertz CT molecular complexity index is 409. The summed E-state index contributed by atoms with van der Waals surface area (Å²) in [4.78, 5) is 13.3. The van der Waals surface area contributed by atoms with Crippen molar-refractivity contribution >= 4 is 15.9 Å². The van der Waals surface area contributed by atoms with Crippen LogP contribution in [0.25, 0.3) is 0 Å². The van der Waals surface area contributed by atoms with Gasteiger partial charge in [-0.2, -0.15) is 0 Å². The summed E-state index contributed by atoms with van der Waals surface area (Å²) in [5, 5.41) is -0.370. The van der Waals surface area contributed by atoms with Gasteiger partial charge in [-0.05, 0) is 27.2 Å². The molecule has 2 fully saturated rings. The Morgan fingerprint density at radius 2 is 2.00 bits per heavy atom. The molecule has 0 aromatic carbocycles. The molecule has 2 heterocycles. The van der Waals surface area contributed by atoms with E-state index >= 15 is 0 Å². The van der Waals surface area contributed by atoms with Crippen molar-refractivity contribution in [3.05, 3.63) is 0 Å². The maximum absolute atomic E-state index is 11.8. The van der Waals surface area contributed by atoms with Crippen molar-refractivity contribution in [2.24, 2.45) is 0 Å². The van der Waals surface area contributed by atoms with E-state index in [4.69, 9.17) is 4.74 Å². The van der Waals surface area contributed by atoms with E-state index in [2.05, 4.69) is 0 Å². The molecule has 16 heavy (non-hydrogen) atoms. The summed E-state index contributed by atoms with van der Waals surface area (Å²) in [6.45, 7) is 5.70. The van der Waals surface area contributed by atoms with E-state index in [-0.39, 0.29) is 17.0 Å². The highest BCUT2D eigenvalue weighted by Crippen LogP contribution is 2.33. The third-order valence-corrected chi connectivity index (χ3v) is 5.14. The highest BCUT2D eigenvalue weighted by atomic mass is 32.2. The number of amides is 1. The lowest BCUT2D eigenvalue weighted by Crippen LogP contribution is -2.46. The van der Waals surface area contributed by atoms with Crippen LogP contribution in [-0.2, 0) is 14.6 Å². The van der Waals surface area contributed by atoms with Crippen LogP contribution < -0.4 is 0 Å². The van der Waals surface area contributed by atoms with Gasteiger partial charge in [0.1, 0.15) is 5.60 Å². The lowest BCUT2D eigenvalue weighted by atomic mass is 10.2. The van der Waals surface area contributed by atoms with Gasteiger partial charge in [0.05, 0.1) is 17.0 Å². The molecule has 0 aromatic heterocycles. The second-order valence-electron chi connectivity index (χ2n) is 5.47. The quantitative estimate of drug-likeness (QED) is 0.635. The Kier molecular flexibility index (Phi) is 2.45. The van der Waals surface area contributed by atoms with Crippen LogP contribution in [0.1, 0.15) is 27.2 Å². The topological polar surface area (TPSA) is 63.7 Å². The average Bonchev–Trinajstić information content (AvgIpc) is 2.54. The Morgan fingerprint density at radius 1 is 1.38 bits per heavy atom. The number of hydrogen-bond acceptors (Lipinski definition) is 4. The molecular formula is C10H17NO4S. The van der Waals surface area contributed by atoms with Crippen LogP contribution >= 0.6 is 0 Å². The number of fused-ring (bicyclic) bond motifs is 2. The molecule has 0 N–H and O–H groups in total. The summed E-state index contributed by atoms with van der Waals surface area (Å²) in [7, 11) is -2.95. The summed E-state index contributed by atoms with van der Waals surface area (Å²) < 4.78 is 28.2. The molecule has 2 atom stereocenters. The minimum atomic E-state index is -2.95. The van der Waals surface area contributed by atoms with Crippen molar-refractivity contribution in [3.63, 3.8) is 0 Å². The van der Waals surface area contributed by atoms with E-state index in [1.807, 2.05) is 0 Å². The zero-order valence-electron chi connectivity index (χ0n) is 9.76. The summed E-state index contributed by atoms with van der Waals surface area (Å²) in [6, 6.07) is -0.176. The number of carbonyl (C=O) groups is 1. The van der Waals surface area contributed by atoms with Crippen LogP contribution in [0.3, 0.4) is 0 Å². The van der Waals surface area contributed by atoms with Crippen LogP contribution in [0.15, 0.2) is 0 Å². The molecule has 0 radical (unpaired) electrons. The predicted molar refractivity (Wildman–Crippen MR) is 58.9 cm³/mol. The third kappa shape index (κ3) is 2.03. The number of rotatable bonds is 0. The normalized spacial score (nSPS) is 31.8. The summed E-state index contributed by atoms with van der Waals surface area (Å²) >= 11 is 0. The first-order valence-corrected chi connectivity index (χ1v) is 7.12.